The number of aliphatic hydroxyl groups excluding tert-OH is 1. The van der Waals surface area contributed by atoms with Crippen molar-refractivity contribution in [2.45, 2.75) is 51.0 Å². The maximum Gasteiger partial charge on any atom is 0.244 e. The number of aliphatic hydroxyl groups is 1. The van der Waals surface area contributed by atoms with Crippen molar-refractivity contribution < 1.29 is 27.8 Å². The normalized spacial score (nSPS) is 21.9. The van der Waals surface area contributed by atoms with Gasteiger partial charge in [-0.25, -0.2) is 13.1 Å². The number of nitrogens with zero attached hydrogens (tertiary/aromatic N) is 2. The average Bonchev–Trinajstić information content (AvgIpc) is 2.89. The number of ether oxygens (including phenoxy) is 2. The number of fused-ring (bicyclic) bond motifs is 1. The quantitative estimate of drug-likeness (QED) is 0.580. The van der Waals surface area contributed by atoms with Gasteiger partial charge in [0.1, 0.15) is 16.4 Å². The standard InChI is InChI=1S/C30H43N3O6S/c1-29(2,3)17-28(35)33-13-11-30(12-14-33)20-32(4)19-24(34)18-31-40(36,37)27-10-9-23(16-26(27)39-21-30)22-7-6-8-25(15-22)38-5/h6-10,15-16,24,31,34H,11-14,17-21H2,1-5H3. The second-order valence-electron chi connectivity index (χ2n) is 12.5. The topological polar surface area (TPSA) is 108 Å². The van der Waals surface area contributed by atoms with Crippen LogP contribution in [0.1, 0.15) is 40.0 Å². The Morgan fingerprint density at radius 3 is 2.52 bits per heavy atom. The van der Waals surface area contributed by atoms with Crippen molar-refractivity contribution in [3.8, 4) is 22.6 Å². The smallest absolute Gasteiger partial charge is 0.244 e. The molecule has 2 aromatic rings. The number of likely N-dealkylation sites (N-methyl/N-ethyl adjacent to an activating group) is 1. The van der Waals surface area contributed by atoms with Crippen LogP contribution in [0.2, 0.25) is 0 Å². The van der Waals surface area contributed by atoms with Crippen LogP contribution in [0.3, 0.4) is 0 Å². The molecular formula is C30H43N3O6S. The van der Waals surface area contributed by atoms with Crippen LogP contribution in [0, 0.1) is 10.8 Å². The van der Waals surface area contributed by atoms with Crippen LogP contribution in [0.15, 0.2) is 47.4 Å². The van der Waals surface area contributed by atoms with Crippen LogP contribution < -0.4 is 14.2 Å². The number of hydrogen-bond donors (Lipinski definition) is 2. The summed E-state index contributed by atoms with van der Waals surface area (Å²) < 4.78 is 40.9. The highest BCUT2D eigenvalue weighted by atomic mass is 32.2. The number of carbonyl (C=O) groups is 1. The molecule has 1 unspecified atom stereocenters. The molecule has 40 heavy (non-hydrogen) atoms. The van der Waals surface area contributed by atoms with E-state index in [1.807, 2.05) is 41.1 Å². The zero-order valence-electron chi connectivity index (χ0n) is 24.3. The predicted octanol–water partition coefficient (Wildman–Crippen LogP) is 3.37. The minimum Gasteiger partial charge on any atom is -0.497 e. The molecule has 2 aliphatic rings. The molecule has 2 aliphatic heterocycles. The second kappa shape index (κ2) is 12.1. The molecule has 1 saturated heterocycles. The van der Waals surface area contributed by atoms with E-state index >= 15 is 0 Å². The SMILES string of the molecule is COc1cccc(-c2ccc3c(c2)OCC2(CCN(C(=O)CC(C)(C)C)CC2)CN(C)CC(O)CNS3(=O)=O)c1. The minimum absolute atomic E-state index is 0.0354. The lowest BCUT2D eigenvalue weighted by molar-refractivity contribution is -0.136. The predicted molar refractivity (Wildman–Crippen MR) is 155 cm³/mol. The van der Waals surface area contributed by atoms with Crippen molar-refractivity contribution in [2.75, 3.05) is 53.5 Å². The van der Waals surface area contributed by atoms with Crippen molar-refractivity contribution in [1.29, 1.82) is 0 Å². The molecule has 9 nitrogen and oxygen atoms in total. The summed E-state index contributed by atoms with van der Waals surface area (Å²) in [6.07, 6.45) is 1.07. The van der Waals surface area contributed by atoms with E-state index in [-0.39, 0.29) is 33.9 Å². The molecule has 0 aliphatic carbocycles. The Balaban J connectivity index is 1.66. The van der Waals surface area contributed by atoms with Crippen LogP contribution in [-0.4, -0.2) is 88.8 Å². The van der Waals surface area contributed by atoms with Crippen molar-refractivity contribution in [3.05, 3.63) is 42.5 Å². The van der Waals surface area contributed by atoms with Crippen molar-refractivity contribution in [3.63, 3.8) is 0 Å². The molecule has 4 rings (SSSR count). The number of sulfonamides is 1. The molecule has 0 radical (unpaired) electrons. The first kappa shape index (κ1) is 30.3. The average molecular weight is 574 g/mol. The van der Waals surface area contributed by atoms with Gasteiger partial charge in [-0.15, -0.1) is 0 Å². The lowest BCUT2D eigenvalue weighted by Gasteiger charge is -2.44. The van der Waals surface area contributed by atoms with E-state index in [0.29, 0.717) is 45.0 Å². The van der Waals surface area contributed by atoms with Gasteiger partial charge in [-0.2, -0.15) is 0 Å². The van der Waals surface area contributed by atoms with E-state index in [2.05, 4.69) is 25.5 Å². The monoisotopic (exact) mass is 573 g/mol. The molecule has 0 bridgehead atoms. The van der Waals surface area contributed by atoms with Crippen molar-refractivity contribution in [1.82, 2.24) is 14.5 Å². The highest BCUT2D eigenvalue weighted by molar-refractivity contribution is 7.89. The summed E-state index contributed by atoms with van der Waals surface area (Å²) in [6, 6.07) is 12.6. The van der Waals surface area contributed by atoms with E-state index in [0.717, 1.165) is 24.0 Å². The maximum atomic E-state index is 13.3. The number of hydrogen-bond acceptors (Lipinski definition) is 7. The Kier molecular flexibility index (Phi) is 9.14. The van der Waals surface area contributed by atoms with Crippen LogP contribution in [0.4, 0.5) is 0 Å². The van der Waals surface area contributed by atoms with Gasteiger partial charge in [0.15, 0.2) is 0 Å². The maximum absolute atomic E-state index is 13.3. The fourth-order valence-corrected chi connectivity index (χ4v) is 6.74. The van der Waals surface area contributed by atoms with Gasteiger partial charge in [-0.3, -0.25) is 4.79 Å². The van der Waals surface area contributed by atoms with E-state index in [1.165, 1.54) is 0 Å². The first-order valence-electron chi connectivity index (χ1n) is 13.8. The molecule has 0 aromatic heterocycles. The van der Waals surface area contributed by atoms with Gasteiger partial charge in [-0.1, -0.05) is 39.0 Å². The van der Waals surface area contributed by atoms with Crippen molar-refractivity contribution >= 4 is 15.9 Å². The largest absolute Gasteiger partial charge is 0.497 e. The summed E-state index contributed by atoms with van der Waals surface area (Å²) in [6.45, 7) is 8.59. The van der Waals surface area contributed by atoms with E-state index in [4.69, 9.17) is 9.47 Å². The highest BCUT2D eigenvalue weighted by Crippen LogP contribution is 2.37. The van der Waals surface area contributed by atoms with Gasteiger partial charge in [0.05, 0.1) is 19.8 Å². The van der Waals surface area contributed by atoms with Gasteiger partial charge in [0, 0.05) is 44.6 Å². The zero-order valence-corrected chi connectivity index (χ0v) is 25.1. The Bertz CT molecular complexity index is 1300. The number of β-amino-alcohol motifs (C(OH)–C–C–N with tert-alkyl or cyclic N) is 1. The lowest BCUT2D eigenvalue weighted by atomic mass is 9.78. The van der Waals surface area contributed by atoms with E-state index < -0.39 is 16.1 Å². The third-order valence-corrected chi connectivity index (χ3v) is 9.13. The van der Waals surface area contributed by atoms with Crippen LogP contribution >= 0.6 is 0 Å². The number of amides is 1. The van der Waals surface area contributed by atoms with Gasteiger partial charge < -0.3 is 24.4 Å². The second-order valence-corrected chi connectivity index (χ2v) is 14.2. The molecule has 10 heteroatoms. The lowest BCUT2D eigenvalue weighted by Crippen LogP contribution is -2.51. The number of nitrogens with one attached hydrogen (secondary N) is 1. The number of piperidine rings is 1. The van der Waals surface area contributed by atoms with Gasteiger partial charge in [0.2, 0.25) is 15.9 Å². The van der Waals surface area contributed by atoms with Crippen LogP contribution in [0.5, 0.6) is 11.5 Å². The molecule has 1 atom stereocenters. The third-order valence-electron chi connectivity index (χ3n) is 7.67. The highest BCUT2D eigenvalue weighted by Gasteiger charge is 2.39. The summed E-state index contributed by atoms with van der Waals surface area (Å²) in [7, 11) is -0.412. The summed E-state index contributed by atoms with van der Waals surface area (Å²) in [5.74, 6) is 1.12. The van der Waals surface area contributed by atoms with E-state index in [9.17, 15) is 18.3 Å². The Morgan fingerprint density at radius 2 is 1.85 bits per heavy atom. The molecule has 220 valence electrons. The summed E-state index contributed by atoms with van der Waals surface area (Å²) >= 11 is 0. The summed E-state index contributed by atoms with van der Waals surface area (Å²) in [4.78, 5) is 16.9. The number of methoxy groups -OCH3 is 1. The first-order chi connectivity index (χ1) is 18.8. The van der Waals surface area contributed by atoms with Crippen LogP contribution in [0.25, 0.3) is 11.1 Å². The fourth-order valence-electron chi connectivity index (χ4n) is 5.55. The molecule has 1 amide bonds. The molecule has 2 aromatic carbocycles. The van der Waals surface area contributed by atoms with E-state index in [1.54, 1.807) is 25.3 Å². The summed E-state index contributed by atoms with van der Waals surface area (Å²) in [5.41, 5.74) is 1.28. The molecule has 2 N–H and O–H groups in total. The number of rotatable bonds is 3. The molecule has 1 spiro atoms. The zero-order chi connectivity index (χ0) is 29.1. The number of carbonyl (C=O) groups excluding carboxylic acids is 1. The Labute approximate surface area is 238 Å². The molecule has 2 heterocycles. The minimum atomic E-state index is -3.94. The van der Waals surface area contributed by atoms with Gasteiger partial charge in [-0.05, 0) is 60.7 Å². The number of benzene rings is 2. The van der Waals surface area contributed by atoms with Crippen molar-refractivity contribution in [2.24, 2.45) is 10.8 Å². The number of likely N-dealkylation sites (tertiary alicyclic amines) is 1. The van der Waals surface area contributed by atoms with Gasteiger partial charge in [0.25, 0.3) is 0 Å². The molecule has 1 fully saturated rings. The summed E-state index contributed by atoms with van der Waals surface area (Å²) in [5, 5.41) is 10.6. The Morgan fingerprint density at radius 1 is 1.15 bits per heavy atom. The molecular weight excluding hydrogens is 530 g/mol. The third kappa shape index (κ3) is 7.54. The molecule has 0 saturated carbocycles. The van der Waals surface area contributed by atoms with Gasteiger partial charge >= 0.3 is 0 Å². The first-order valence-corrected chi connectivity index (χ1v) is 15.3. The Hall–Kier alpha value is -2.66. The van der Waals surface area contributed by atoms with Crippen LogP contribution in [-0.2, 0) is 14.8 Å². The fraction of sp³-hybridized carbons (Fsp3) is 0.567.